The molecule has 0 aliphatic heterocycles. The number of hydrogen-bond acceptors (Lipinski definition) is 3. The lowest BCUT2D eigenvalue weighted by molar-refractivity contribution is 0.0925. The Balaban J connectivity index is 2.80. The molecule has 0 radical (unpaired) electrons. The quantitative estimate of drug-likeness (QED) is 0.804. The number of carbonyl (C=O) groups excluding carboxylic acids is 1. The number of carbonyl (C=O) groups is 1. The molecular weight excluding hydrogens is 240 g/mol. The minimum Gasteiger partial charge on any atom is -0.495 e. The lowest BCUT2D eigenvalue weighted by Gasteiger charge is -2.29. The maximum atomic E-state index is 12.2. The first kappa shape index (κ1) is 15.3. The van der Waals surface area contributed by atoms with Crippen molar-refractivity contribution in [1.82, 2.24) is 5.32 Å². The van der Waals surface area contributed by atoms with Crippen LogP contribution in [0.5, 0.6) is 5.75 Å². The summed E-state index contributed by atoms with van der Waals surface area (Å²) in [5.41, 5.74) is 6.79. The summed E-state index contributed by atoms with van der Waals surface area (Å²) >= 11 is 0. The van der Waals surface area contributed by atoms with E-state index in [0.717, 1.165) is 0 Å². The van der Waals surface area contributed by atoms with E-state index in [1.807, 2.05) is 0 Å². The second-order valence-electron chi connectivity index (χ2n) is 5.75. The van der Waals surface area contributed by atoms with Crippen molar-refractivity contribution in [3.63, 3.8) is 0 Å². The highest BCUT2D eigenvalue weighted by atomic mass is 16.5. The Morgan fingerprint density at radius 1 is 1.42 bits per heavy atom. The van der Waals surface area contributed by atoms with Gasteiger partial charge in [-0.3, -0.25) is 4.79 Å². The molecule has 0 fully saturated rings. The van der Waals surface area contributed by atoms with E-state index in [-0.39, 0.29) is 11.3 Å². The standard InChI is InChI=1S/C15H24N2O2/c1-10(2)15(3,4)9-17-14(18)11-7-6-8-12(19-5)13(11)16/h6-8,10H,9,16H2,1-5H3,(H,17,18). The van der Waals surface area contributed by atoms with Crippen LogP contribution >= 0.6 is 0 Å². The Hall–Kier alpha value is -1.71. The van der Waals surface area contributed by atoms with Gasteiger partial charge < -0.3 is 15.8 Å². The number of amides is 1. The highest BCUT2D eigenvalue weighted by Gasteiger charge is 2.23. The molecule has 0 aliphatic carbocycles. The topological polar surface area (TPSA) is 64.3 Å². The van der Waals surface area contributed by atoms with Gasteiger partial charge in [0.1, 0.15) is 5.75 Å². The minimum atomic E-state index is -0.162. The first-order chi connectivity index (χ1) is 8.79. The van der Waals surface area contributed by atoms with Gasteiger partial charge in [0.05, 0.1) is 18.4 Å². The molecule has 4 nitrogen and oxygen atoms in total. The van der Waals surface area contributed by atoms with E-state index in [1.54, 1.807) is 18.2 Å². The zero-order chi connectivity index (χ0) is 14.6. The van der Waals surface area contributed by atoms with Gasteiger partial charge in [-0.15, -0.1) is 0 Å². The molecule has 0 atom stereocenters. The highest BCUT2D eigenvalue weighted by molar-refractivity contribution is 6.00. The molecule has 0 heterocycles. The van der Waals surface area contributed by atoms with Crippen LogP contribution in [0.1, 0.15) is 38.1 Å². The van der Waals surface area contributed by atoms with Crippen molar-refractivity contribution >= 4 is 11.6 Å². The van der Waals surface area contributed by atoms with E-state index < -0.39 is 0 Å². The predicted molar refractivity (Wildman–Crippen MR) is 78.4 cm³/mol. The molecule has 0 saturated heterocycles. The van der Waals surface area contributed by atoms with Crippen LogP contribution < -0.4 is 15.8 Å². The zero-order valence-electron chi connectivity index (χ0n) is 12.4. The molecule has 0 aliphatic rings. The molecule has 0 aromatic heterocycles. The van der Waals surface area contributed by atoms with Crippen LogP contribution in [-0.4, -0.2) is 19.6 Å². The fourth-order valence-electron chi connectivity index (χ4n) is 1.53. The van der Waals surface area contributed by atoms with Crippen molar-refractivity contribution in [2.75, 3.05) is 19.4 Å². The van der Waals surface area contributed by atoms with Crippen LogP contribution in [0.2, 0.25) is 0 Å². The Morgan fingerprint density at radius 2 is 2.05 bits per heavy atom. The molecule has 0 bridgehead atoms. The molecule has 0 saturated carbocycles. The van der Waals surface area contributed by atoms with Crippen LogP contribution in [0, 0.1) is 11.3 Å². The summed E-state index contributed by atoms with van der Waals surface area (Å²) in [6.07, 6.45) is 0. The van der Waals surface area contributed by atoms with Crippen molar-refractivity contribution < 1.29 is 9.53 Å². The summed E-state index contributed by atoms with van der Waals surface area (Å²) in [6.45, 7) is 9.16. The molecule has 19 heavy (non-hydrogen) atoms. The fraction of sp³-hybridized carbons (Fsp3) is 0.533. The van der Waals surface area contributed by atoms with Crippen LogP contribution in [0.25, 0.3) is 0 Å². The highest BCUT2D eigenvalue weighted by Crippen LogP contribution is 2.26. The second kappa shape index (κ2) is 5.95. The smallest absolute Gasteiger partial charge is 0.253 e. The summed E-state index contributed by atoms with van der Waals surface area (Å²) in [5, 5.41) is 2.94. The molecule has 1 rings (SSSR count). The minimum absolute atomic E-state index is 0.0449. The maximum Gasteiger partial charge on any atom is 0.253 e. The zero-order valence-corrected chi connectivity index (χ0v) is 12.4. The Kier molecular flexibility index (Phi) is 4.81. The third-order valence-corrected chi connectivity index (χ3v) is 3.80. The van der Waals surface area contributed by atoms with Crippen molar-refractivity contribution in [3.8, 4) is 5.75 Å². The number of rotatable bonds is 5. The number of benzene rings is 1. The van der Waals surface area contributed by atoms with Crippen LogP contribution in [0.4, 0.5) is 5.69 Å². The first-order valence-electron chi connectivity index (χ1n) is 6.50. The average molecular weight is 264 g/mol. The van der Waals surface area contributed by atoms with E-state index in [1.165, 1.54) is 7.11 Å². The average Bonchev–Trinajstić information content (AvgIpc) is 2.36. The summed E-state index contributed by atoms with van der Waals surface area (Å²) in [7, 11) is 1.54. The monoisotopic (exact) mass is 264 g/mol. The number of anilines is 1. The lowest BCUT2D eigenvalue weighted by Crippen LogP contribution is -2.37. The van der Waals surface area contributed by atoms with Crippen molar-refractivity contribution in [3.05, 3.63) is 23.8 Å². The van der Waals surface area contributed by atoms with Gasteiger partial charge in [0.15, 0.2) is 0 Å². The number of para-hydroxylation sites is 1. The molecular formula is C15H24N2O2. The van der Waals surface area contributed by atoms with Crippen molar-refractivity contribution in [2.24, 2.45) is 11.3 Å². The molecule has 1 aromatic rings. The molecule has 3 N–H and O–H groups in total. The van der Waals surface area contributed by atoms with Gasteiger partial charge in [0, 0.05) is 6.54 Å². The molecule has 4 heteroatoms. The van der Waals surface area contributed by atoms with Crippen LogP contribution in [-0.2, 0) is 0 Å². The Labute approximate surface area is 115 Å². The molecule has 1 amide bonds. The van der Waals surface area contributed by atoms with Gasteiger partial charge in [-0.1, -0.05) is 33.8 Å². The van der Waals surface area contributed by atoms with E-state index in [9.17, 15) is 4.79 Å². The van der Waals surface area contributed by atoms with Gasteiger partial charge in [0.25, 0.3) is 5.91 Å². The van der Waals surface area contributed by atoms with Gasteiger partial charge in [0.2, 0.25) is 0 Å². The number of nitrogen functional groups attached to an aromatic ring is 1. The van der Waals surface area contributed by atoms with Crippen molar-refractivity contribution in [2.45, 2.75) is 27.7 Å². The molecule has 1 aromatic carbocycles. The van der Waals surface area contributed by atoms with Crippen LogP contribution in [0.3, 0.4) is 0 Å². The van der Waals surface area contributed by atoms with Gasteiger partial charge >= 0.3 is 0 Å². The Bertz CT molecular complexity index is 453. The van der Waals surface area contributed by atoms with Gasteiger partial charge in [-0.2, -0.15) is 0 Å². The third-order valence-electron chi connectivity index (χ3n) is 3.80. The van der Waals surface area contributed by atoms with Crippen LogP contribution in [0.15, 0.2) is 18.2 Å². The number of hydrogen-bond donors (Lipinski definition) is 2. The van der Waals surface area contributed by atoms with Gasteiger partial charge in [-0.05, 0) is 23.5 Å². The third kappa shape index (κ3) is 3.63. The lowest BCUT2D eigenvalue weighted by atomic mass is 9.81. The van der Waals surface area contributed by atoms with E-state index in [2.05, 4.69) is 33.0 Å². The number of methoxy groups -OCH3 is 1. The Morgan fingerprint density at radius 3 is 2.58 bits per heavy atom. The SMILES string of the molecule is COc1cccc(C(=O)NCC(C)(C)C(C)C)c1N. The van der Waals surface area contributed by atoms with E-state index in [4.69, 9.17) is 10.5 Å². The number of ether oxygens (including phenoxy) is 1. The number of nitrogens with two attached hydrogens (primary N) is 1. The maximum absolute atomic E-state index is 12.2. The fourth-order valence-corrected chi connectivity index (χ4v) is 1.53. The summed E-state index contributed by atoms with van der Waals surface area (Å²) in [5.74, 6) is 0.844. The normalized spacial score (nSPS) is 11.5. The predicted octanol–water partition coefficient (Wildman–Crippen LogP) is 2.69. The number of nitrogens with one attached hydrogen (secondary N) is 1. The van der Waals surface area contributed by atoms with Gasteiger partial charge in [-0.25, -0.2) is 0 Å². The van der Waals surface area contributed by atoms with Crippen molar-refractivity contribution in [1.29, 1.82) is 0 Å². The largest absolute Gasteiger partial charge is 0.495 e. The summed E-state index contributed by atoms with van der Waals surface area (Å²) < 4.78 is 5.11. The second-order valence-corrected chi connectivity index (χ2v) is 5.75. The molecule has 0 unspecified atom stereocenters. The summed E-state index contributed by atoms with van der Waals surface area (Å²) in [4.78, 5) is 12.2. The first-order valence-corrected chi connectivity index (χ1v) is 6.50. The van der Waals surface area contributed by atoms with E-state index in [0.29, 0.717) is 29.5 Å². The van der Waals surface area contributed by atoms with E-state index >= 15 is 0 Å². The molecule has 106 valence electrons. The molecule has 0 spiro atoms. The summed E-state index contributed by atoms with van der Waals surface area (Å²) in [6, 6.07) is 5.21.